The number of amides is 1. The summed E-state index contributed by atoms with van der Waals surface area (Å²) in [6.45, 7) is 3.45. The number of pyridine rings is 1. The minimum Gasteiger partial charge on any atom is -0.489 e. The molecule has 5 rings (SSSR count). The molecule has 1 amide bonds. The van der Waals surface area contributed by atoms with Gasteiger partial charge in [-0.1, -0.05) is 30.3 Å². The molecule has 0 radical (unpaired) electrons. The van der Waals surface area contributed by atoms with Crippen molar-refractivity contribution in [3.05, 3.63) is 75.1 Å². The van der Waals surface area contributed by atoms with Crippen molar-refractivity contribution in [2.75, 3.05) is 13.2 Å². The fraction of sp³-hybridized carbons (Fsp3) is 0.346. The maximum absolute atomic E-state index is 15.6. The second-order valence-corrected chi connectivity index (χ2v) is 8.98. The normalized spacial score (nSPS) is 17.3. The average molecular weight is 498 g/mol. The van der Waals surface area contributed by atoms with Gasteiger partial charge in [0.05, 0.1) is 34.7 Å². The third-order valence-corrected chi connectivity index (χ3v) is 6.53. The molecular weight excluding hydrogens is 474 g/mol. The van der Waals surface area contributed by atoms with Crippen LogP contribution in [0.4, 0.5) is 13.6 Å². The number of ether oxygens (including phenoxy) is 3. The summed E-state index contributed by atoms with van der Waals surface area (Å²) >= 11 is 0. The monoisotopic (exact) mass is 498 g/mol. The smallest absolute Gasteiger partial charge is 0.408 e. The fourth-order valence-corrected chi connectivity index (χ4v) is 4.58. The van der Waals surface area contributed by atoms with Crippen molar-refractivity contribution in [3.8, 4) is 5.75 Å². The number of nitrogens with one attached hydrogen (secondary N) is 1. The summed E-state index contributed by atoms with van der Waals surface area (Å²) in [5, 5.41) is 2.08. The van der Waals surface area contributed by atoms with E-state index in [9.17, 15) is 14.4 Å². The quantitative estimate of drug-likeness (QED) is 0.509. The van der Waals surface area contributed by atoms with E-state index in [4.69, 9.17) is 14.2 Å². The molecule has 2 aromatic carbocycles. The number of carbonyl (C=O) groups is 2. The molecule has 1 N–H and O–H groups in total. The van der Waals surface area contributed by atoms with E-state index in [1.165, 1.54) is 10.8 Å². The van der Waals surface area contributed by atoms with Crippen LogP contribution in [-0.2, 0) is 21.6 Å². The molecule has 8 nitrogen and oxygen atoms in total. The first-order valence-electron chi connectivity index (χ1n) is 11.7. The van der Waals surface area contributed by atoms with Crippen LogP contribution in [-0.4, -0.2) is 29.8 Å². The first kappa shape index (κ1) is 23.8. The zero-order valence-electron chi connectivity index (χ0n) is 19.7. The lowest BCUT2D eigenvalue weighted by Crippen LogP contribution is -2.38. The van der Waals surface area contributed by atoms with Gasteiger partial charge >= 0.3 is 12.1 Å². The Morgan fingerprint density at radius 3 is 2.56 bits per heavy atom. The number of nitrogens with zero attached hydrogens (tertiary/aromatic N) is 1. The summed E-state index contributed by atoms with van der Waals surface area (Å²) in [6, 6.07) is 8.65. The van der Waals surface area contributed by atoms with Crippen LogP contribution in [0.3, 0.4) is 0 Å². The number of esters is 1. The van der Waals surface area contributed by atoms with Crippen molar-refractivity contribution < 1.29 is 32.6 Å². The van der Waals surface area contributed by atoms with Crippen molar-refractivity contribution in [3.63, 3.8) is 0 Å². The maximum Gasteiger partial charge on any atom is 0.408 e. The molecule has 10 heteroatoms. The Kier molecular flexibility index (Phi) is 5.89. The summed E-state index contributed by atoms with van der Waals surface area (Å²) in [6.07, 6.45) is 1.16. The van der Waals surface area contributed by atoms with E-state index >= 15 is 8.78 Å². The van der Waals surface area contributed by atoms with Crippen LogP contribution >= 0.6 is 0 Å². The summed E-state index contributed by atoms with van der Waals surface area (Å²) in [5.74, 6) is -3.66. The van der Waals surface area contributed by atoms with Gasteiger partial charge in [0.25, 0.3) is 0 Å². The second-order valence-electron chi connectivity index (χ2n) is 8.98. The van der Waals surface area contributed by atoms with Gasteiger partial charge in [-0.05, 0) is 32.3 Å². The van der Waals surface area contributed by atoms with Crippen LogP contribution in [0, 0.1) is 11.6 Å². The number of benzene rings is 2. The number of aromatic nitrogens is 1. The van der Waals surface area contributed by atoms with Gasteiger partial charge in [-0.2, -0.15) is 0 Å². The van der Waals surface area contributed by atoms with Crippen LogP contribution in [0.5, 0.6) is 5.75 Å². The van der Waals surface area contributed by atoms with E-state index in [2.05, 4.69) is 5.32 Å². The zero-order valence-corrected chi connectivity index (χ0v) is 19.7. The molecule has 36 heavy (non-hydrogen) atoms. The number of carbonyl (C=O) groups excluding carboxylic acids is 2. The molecule has 3 aromatic rings. The lowest BCUT2D eigenvalue weighted by Gasteiger charge is -2.31. The van der Waals surface area contributed by atoms with Crippen LogP contribution in [0.25, 0.3) is 10.9 Å². The standard InChI is InChI=1S/C26H24F2N2O6/c1-3-34-24(32)16-11-30-14(2)12-35-23-18(20(28)19(27)17(21(23)30)22(16)31)26(9-10-26)29-25(33)36-13-15-7-5-4-6-8-15/h4-8,11,14H,3,9-10,12-13H2,1-2H3,(H,29,33). The highest BCUT2D eigenvalue weighted by atomic mass is 19.2. The third kappa shape index (κ3) is 3.86. The minimum absolute atomic E-state index is 0.00830. The molecule has 1 unspecified atom stereocenters. The molecule has 1 saturated carbocycles. The van der Waals surface area contributed by atoms with Crippen molar-refractivity contribution in [2.45, 2.75) is 44.9 Å². The number of alkyl carbamates (subject to hydrolysis) is 1. The van der Waals surface area contributed by atoms with E-state index in [0.717, 1.165) is 5.56 Å². The predicted octanol–water partition coefficient (Wildman–Crippen LogP) is 4.33. The van der Waals surface area contributed by atoms with Crippen LogP contribution < -0.4 is 15.5 Å². The Hall–Kier alpha value is -3.95. The van der Waals surface area contributed by atoms with Crippen molar-refractivity contribution in [1.82, 2.24) is 9.88 Å². The summed E-state index contributed by atoms with van der Waals surface area (Å²) < 4.78 is 48.7. The molecule has 1 fully saturated rings. The highest BCUT2D eigenvalue weighted by molar-refractivity contribution is 5.96. The molecule has 1 aromatic heterocycles. The van der Waals surface area contributed by atoms with E-state index < -0.39 is 40.1 Å². The topological polar surface area (TPSA) is 95.9 Å². The first-order valence-corrected chi connectivity index (χ1v) is 11.7. The van der Waals surface area contributed by atoms with Crippen molar-refractivity contribution in [1.29, 1.82) is 0 Å². The number of hydrogen-bond donors (Lipinski definition) is 1. The van der Waals surface area contributed by atoms with E-state index in [0.29, 0.717) is 12.8 Å². The predicted molar refractivity (Wildman–Crippen MR) is 125 cm³/mol. The largest absolute Gasteiger partial charge is 0.489 e. The lowest BCUT2D eigenvalue weighted by atomic mass is 9.97. The molecule has 2 aliphatic rings. The van der Waals surface area contributed by atoms with Crippen molar-refractivity contribution >= 4 is 23.0 Å². The van der Waals surface area contributed by atoms with Gasteiger partial charge in [0.2, 0.25) is 5.43 Å². The van der Waals surface area contributed by atoms with E-state index in [1.807, 2.05) is 18.2 Å². The van der Waals surface area contributed by atoms with Gasteiger partial charge in [0.15, 0.2) is 17.4 Å². The zero-order chi connectivity index (χ0) is 25.6. The van der Waals surface area contributed by atoms with E-state index in [-0.39, 0.29) is 48.3 Å². The van der Waals surface area contributed by atoms with Gasteiger partial charge in [0.1, 0.15) is 18.8 Å². The molecule has 1 aliphatic carbocycles. The van der Waals surface area contributed by atoms with Crippen LogP contribution in [0.2, 0.25) is 0 Å². The molecule has 0 saturated heterocycles. The van der Waals surface area contributed by atoms with Gasteiger partial charge in [-0.15, -0.1) is 0 Å². The van der Waals surface area contributed by atoms with E-state index in [1.54, 1.807) is 26.0 Å². The number of rotatable bonds is 6. The van der Waals surface area contributed by atoms with Gasteiger partial charge in [0, 0.05) is 6.20 Å². The van der Waals surface area contributed by atoms with Crippen LogP contribution in [0.1, 0.15) is 54.2 Å². The number of hydrogen-bond acceptors (Lipinski definition) is 6. The van der Waals surface area contributed by atoms with Gasteiger partial charge in [-0.3, -0.25) is 4.79 Å². The lowest BCUT2D eigenvalue weighted by molar-refractivity contribution is 0.0523. The number of halogens is 2. The summed E-state index contributed by atoms with van der Waals surface area (Å²) in [5.41, 5.74) is -1.99. The molecule has 1 aliphatic heterocycles. The molecule has 0 spiro atoms. The SMILES string of the molecule is CCOC(=O)c1cn2c3c(c(C4(NC(=O)OCc5ccccc5)CC4)c(F)c(F)c3c1=O)OCC2C. The Bertz CT molecular complexity index is 1430. The average Bonchev–Trinajstić information content (AvgIpc) is 3.63. The minimum atomic E-state index is -1.41. The molecule has 0 bridgehead atoms. The second kappa shape index (κ2) is 8.92. The highest BCUT2D eigenvalue weighted by Gasteiger charge is 2.52. The Morgan fingerprint density at radius 1 is 1.17 bits per heavy atom. The van der Waals surface area contributed by atoms with Crippen LogP contribution in [0.15, 0.2) is 41.3 Å². The van der Waals surface area contributed by atoms with Gasteiger partial charge in [-0.25, -0.2) is 18.4 Å². The maximum atomic E-state index is 15.6. The third-order valence-electron chi connectivity index (χ3n) is 6.53. The fourth-order valence-electron chi connectivity index (χ4n) is 4.58. The Balaban J connectivity index is 1.58. The van der Waals surface area contributed by atoms with Gasteiger partial charge < -0.3 is 24.1 Å². The molecule has 2 heterocycles. The molecular formula is C26H24F2N2O6. The van der Waals surface area contributed by atoms with Crippen molar-refractivity contribution in [2.24, 2.45) is 0 Å². The molecule has 1 atom stereocenters. The molecule has 188 valence electrons. The Morgan fingerprint density at radius 2 is 1.89 bits per heavy atom. The first-order chi connectivity index (χ1) is 17.3. The Labute approximate surface area is 204 Å². The highest BCUT2D eigenvalue weighted by Crippen LogP contribution is 2.53. The summed E-state index contributed by atoms with van der Waals surface area (Å²) in [7, 11) is 0. The summed E-state index contributed by atoms with van der Waals surface area (Å²) in [4.78, 5) is 38.0.